The van der Waals surface area contributed by atoms with Crippen LogP contribution in [0, 0.1) is 11.8 Å². The molecule has 15 heteroatoms. The summed E-state index contributed by atoms with van der Waals surface area (Å²) in [6, 6.07) is -2.64. The van der Waals surface area contributed by atoms with Crippen molar-refractivity contribution in [1.82, 2.24) is 16.0 Å². The molecule has 0 rings (SSSR count). The molecule has 0 aromatic rings. The summed E-state index contributed by atoms with van der Waals surface area (Å²) in [5.41, 5.74) is 0. The molecule has 0 heterocycles. The molecular formula is C41H73N3O12. The second-order valence-corrected chi connectivity index (χ2v) is 15.1. The van der Waals surface area contributed by atoms with E-state index in [1.807, 2.05) is 20.8 Å². The Morgan fingerprint density at radius 2 is 0.875 bits per heavy atom. The van der Waals surface area contributed by atoms with Crippen molar-refractivity contribution in [2.45, 2.75) is 174 Å². The highest BCUT2D eigenvalue weighted by Gasteiger charge is 2.24. The maximum atomic E-state index is 12.5. The molecule has 0 aromatic heterocycles. The van der Waals surface area contributed by atoms with Crippen LogP contribution in [0.3, 0.4) is 0 Å². The summed E-state index contributed by atoms with van der Waals surface area (Å²) in [7, 11) is 0. The van der Waals surface area contributed by atoms with Gasteiger partial charge in [0.25, 0.3) is 0 Å². The monoisotopic (exact) mass is 800 g/mol. The molecule has 0 bridgehead atoms. The highest BCUT2D eigenvalue weighted by molar-refractivity contribution is 5.86. The molecule has 0 aromatic carbocycles. The van der Waals surface area contributed by atoms with E-state index in [-0.39, 0.29) is 89.1 Å². The van der Waals surface area contributed by atoms with Crippen LogP contribution in [0.25, 0.3) is 0 Å². The topological polar surface area (TPSA) is 235 Å². The number of aliphatic carboxylic acids is 3. The van der Waals surface area contributed by atoms with Gasteiger partial charge in [-0.2, -0.15) is 0 Å². The lowest BCUT2D eigenvalue weighted by atomic mass is 9.94. The van der Waals surface area contributed by atoms with Crippen LogP contribution in [0.5, 0.6) is 0 Å². The summed E-state index contributed by atoms with van der Waals surface area (Å²) >= 11 is 0. The molecular weight excluding hydrogens is 726 g/mol. The van der Waals surface area contributed by atoms with Gasteiger partial charge < -0.3 is 40.7 Å². The van der Waals surface area contributed by atoms with E-state index in [4.69, 9.17) is 14.6 Å². The Bertz CT molecular complexity index is 1130. The van der Waals surface area contributed by atoms with Crippen LogP contribution >= 0.6 is 0 Å². The fourth-order valence-corrected chi connectivity index (χ4v) is 5.88. The molecule has 0 unspecified atom stereocenters. The molecule has 0 aliphatic heterocycles. The van der Waals surface area contributed by atoms with Gasteiger partial charge in [-0.1, -0.05) is 111 Å². The third-order valence-electron chi connectivity index (χ3n) is 9.82. The van der Waals surface area contributed by atoms with Gasteiger partial charge in [-0.15, -0.1) is 0 Å². The number of amides is 3. The first-order valence-corrected chi connectivity index (χ1v) is 21.0. The van der Waals surface area contributed by atoms with E-state index < -0.39 is 47.7 Å². The van der Waals surface area contributed by atoms with Crippen LogP contribution in [-0.2, 0) is 43.0 Å². The predicted octanol–water partition coefficient (Wildman–Crippen LogP) is 5.80. The Hall–Kier alpha value is -3.59. The van der Waals surface area contributed by atoms with Gasteiger partial charge in [0, 0.05) is 38.1 Å². The molecule has 0 fully saturated rings. The maximum Gasteiger partial charge on any atom is 0.326 e. The number of ether oxygens (including phenoxy) is 2. The number of unbranched alkanes of at least 4 members (excludes halogenated alkanes) is 15. The van der Waals surface area contributed by atoms with Gasteiger partial charge in [-0.25, -0.2) is 9.59 Å². The molecule has 6 N–H and O–H groups in total. The maximum absolute atomic E-state index is 12.5. The molecule has 0 aliphatic rings. The second-order valence-electron chi connectivity index (χ2n) is 15.1. The Balaban J connectivity index is 4.02. The fraction of sp³-hybridized carbons (Fsp3) is 0.829. The summed E-state index contributed by atoms with van der Waals surface area (Å²) in [6.07, 6.45) is 17.0. The summed E-state index contributed by atoms with van der Waals surface area (Å²) in [5.74, 6) is -4.69. The third-order valence-corrected chi connectivity index (χ3v) is 9.82. The SMILES string of the molecule is CC(C)[C@@H](C)C(=O)COCCOCCNC(=O)CC[C@H](NC(=O)CC[C@H](NC(=O)CCCCCCCCCCCCCCCCCCC(=O)O)C(=O)O)C(=O)O. The zero-order valence-electron chi connectivity index (χ0n) is 34.4. The minimum Gasteiger partial charge on any atom is -0.481 e. The molecule has 3 atom stereocenters. The van der Waals surface area contributed by atoms with Crippen LogP contribution in [0.15, 0.2) is 0 Å². The Morgan fingerprint density at radius 3 is 1.30 bits per heavy atom. The quantitative estimate of drug-likeness (QED) is 0.0405. The van der Waals surface area contributed by atoms with E-state index in [1.54, 1.807) is 0 Å². The Kier molecular flexibility index (Phi) is 32.4. The highest BCUT2D eigenvalue weighted by atomic mass is 16.5. The van der Waals surface area contributed by atoms with Crippen LogP contribution in [0.1, 0.15) is 162 Å². The van der Waals surface area contributed by atoms with Crippen molar-refractivity contribution >= 4 is 41.4 Å². The normalized spacial score (nSPS) is 12.8. The number of carbonyl (C=O) groups excluding carboxylic acids is 4. The van der Waals surface area contributed by atoms with Crippen LogP contribution in [0.4, 0.5) is 0 Å². The molecule has 0 radical (unpaired) electrons. The lowest BCUT2D eigenvalue weighted by Gasteiger charge is -2.17. The van der Waals surface area contributed by atoms with Crippen LogP contribution in [-0.4, -0.2) is 102 Å². The van der Waals surface area contributed by atoms with Crippen molar-refractivity contribution in [3.63, 3.8) is 0 Å². The molecule has 3 amide bonds. The number of hydrogen-bond acceptors (Lipinski definition) is 9. The third kappa shape index (κ3) is 31.6. The van der Waals surface area contributed by atoms with E-state index in [0.717, 1.165) is 44.9 Å². The van der Waals surface area contributed by atoms with Crippen LogP contribution in [0.2, 0.25) is 0 Å². The van der Waals surface area contributed by atoms with E-state index in [9.17, 15) is 43.8 Å². The van der Waals surface area contributed by atoms with Crippen LogP contribution < -0.4 is 16.0 Å². The average molecular weight is 800 g/mol. The molecule has 0 aliphatic carbocycles. The average Bonchev–Trinajstić information content (AvgIpc) is 3.14. The van der Waals surface area contributed by atoms with E-state index in [0.29, 0.717) is 6.42 Å². The lowest BCUT2D eigenvalue weighted by molar-refractivity contribution is -0.143. The van der Waals surface area contributed by atoms with Gasteiger partial charge >= 0.3 is 17.9 Å². The van der Waals surface area contributed by atoms with Crippen molar-refractivity contribution in [2.75, 3.05) is 33.0 Å². The zero-order chi connectivity index (χ0) is 42.0. The summed E-state index contributed by atoms with van der Waals surface area (Å²) < 4.78 is 10.7. The first kappa shape index (κ1) is 52.4. The highest BCUT2D eigenvalue weighted by Crippen LogP contribution is 2.15. The van der Waals surface area contributed by atoms with Crippen molar-refractivity contribution in [3.8, 4) is 0 Å². The van der Waals surface area contributed by atoms with Crippen molar-refractivity contribution in [3.05, 3.63) is 0 Å². The van der Waals surface area contributed by atoms with E-state index >= 15 is 0 Å². The summed E-state index contributed by atoms with van der Waals surface area (Å²) in [4.78, 5) is 82.8. The van der Waals surface area contributed by atoms with Gasteiger partial charge in [0.1, 0.15) is 18.7 Å². The number of hydrogen-bond donors (Lipinski definition) is 6. The molecule has 0 saturated carbocycles. The van der Waals surface area contributed by atoms with Crippen molar-refractivity contribution in [1.29, 1.82) is 0 Å². The van der Waals surface area contributed by atoms with Gasteiger partial charge in [-0.3, -0.25) is 24.0 Å². The number of ketones is 1. The Morgan fingerprint density at radius 1 is 0.482 bits per heavy atom. The number of carboxylic acid groups (broad SMARTS) is 3. The molecule has 0 saturated heterocycles. The van der Waals surface area contributed by atoms with Crippen molar-refractivity contribution < 1.29 is 58.4 Å². The molecule has 56 heavy (non-hydrogen) atoms. The molecule has 324 valence electrons. The van der Waals surface area contributed by atoms with Gasteiger partial charge in [0.05, 0.1) is 19.8 Å². The molecule has 0 spiro atoms. The Labute approximate surface area is 334 Å². The minimum absolute atomic E-state index is 0.0185. The predicted molar refractivity (Wildman–Crippen MR) is 212 cm³/mol. The lowest BCUT2D eigenvalue weighted by Crippen LogP contribution is -2.44. The number of nitrogens with one attached hydrogen (secondary N) is 3. The van der Waals surface area contributed by atoms with Crippen molar-refractivity contribution in [2.24, 2.45) is 11.8 Å². The number of carbonyl (C=O) groups is 7. The van der Waals surface area contributed by atoms with Gasteiger partial charge in [0.15, 0.2) is 5.78 Å². The van der Waals surface area contributed by atoms with E-state index in [1.165, 1.54) is 51.4 Å². The standard InChI is InChI=1S/C41H73N3O12/c1-31(2)32(3)35(45)30-56-29-28-55-27-26-42-36(46)24-22-33(40(51)52)44-38(48)25-23-34(41(53)54)43-37(47)20-18-16-14-12-10-8-6-4-5-7-9-11-13-15-17-19-21-39(49)50/h31-34H,4-30H2,1-3H3,(H,42,46)(H,43,47)(H,44,48)(H,49,50)(H,51,52)(H,53,54)/t32-,33+,34+/m1/s1. The zero-order valence-corrected chi connectivity index (χ0v) is 34.4. The summed E-state index contributed by atoms with van der Waals surface area (Å²) in [5, 5.41) is 35.1. The smallest absolute Gasteiger partial charge is 0.326 e. The first-order valence-electron chi connectivity index (χ1n) is 21.0. The minimum atomic E-state index is -1.35. The fourth-order valence-electron chi connectivity index (χ4n) is 5.88. The summed E-state index contributed by atoms with van der Waals surface area (Å²) in [6.45, 7) is 6.67. The number of carboxylic acids is 3. The molecule has 15 nitrogen and oxygen atoms in total. The van der Waals surface area contributed by atoms with E-state index in [2.05, 4.69) is 16.0 Å². The second kappa shape index (κ2) is 34.6. The first-order chi connectivity index (χ1) is 26.7. The number of rotatable bonds is 39. The van der Waals surface area contributed by atoms with Gasteiger partial charge in [-0.05, 0) is 31.6 Å². The van der Waals surface area contributed by atoms with Gasteiger partial charge in [0.2, 0.25) is 17.7 Å². The number of Topliss-reactive ketones (excluding diaryl/α,β-unsaturated/α-hetero) is 1. The largest absolute Gasteiger partial charge is 0.481 e.